The second-order valence-electron chi connectivity index (χ2n) is 7.10. The maximum absolute atomic E-state index is 13.6. The van der Waals surface area contributed by atoms with E-state index in [1.165, 1.54) is 4.31 Å². The van der Waals surface area contributed by atoms with Crippen LogP contribution in [0.5, 0.6) is 0 Å². The zero-order valence-corrected chi connectivity index (χ0v) is 17.1. The zero-order chi connectivity index (χ0) is 21.2. The third kappa shape index (κ3) is 4.98. The minimum Gasteiger partial charge on any atom is -0.322 e. The number of rotatable bonds is 5. The van der Waals surface area contributed by atoms with Gasteiger partial charge >= 0.3 is 0 Å². The summed E-state index contributed by atoms with van der Waals surface area (Å²) >= 11 is 0. The number of carbonyl (C=O) groups excluding carboxylic acids is 1. The molecule has 1 amide bonds. The van der Waals surface area contributed by atoms with E-state index in [0.717, 1.165) is 29.3 Å². The van der Waals surface area contributed by atoms with Crippen molar-refractivity contribution in [3.63, 3.8) is 0 Å². The number of hydrogen-bond acceptors (Lipinski definition) is 4. The Labute approximate surface area is 169 Å². The summed E-state index contributed by atoms with van der Waals surface area (Å²) in [5, 5.41) is 2.35. The number of sulfonamides is 1. The standard InChI is InChI=1S/C20H23F2N3O3S/c1-14-3-5-17(11-15(14)2)29(27,28)25-9-7-24(8-10-25)13-20(26)23-19-12-16(21)4-6-18(19)22/h3-6,11-12H,7-10,13H2,1-2H3,(H,23,26). The molecule has 1 saturated heterocycles. The number of halogens is 2. The van der Waals surface area contributed by atoms with E-state index in [0.29, 0.717) is 13.1 Å². The fourth-order valence-corrected chi connectivity index (χ4v) is 4.65. The topological polar surface area (TPSA) is 69.7 Å². The van der Waals surface area contributed by atoms with Crippen molar-refractivity contribution >= 4 is 21.6 Å². The Morgan fingerprint density at radius 3 is 2.34 bits per heavy atom. The molecule has 1 aliphatic rings. The van der Waals surface area contributed by atoms with Gasteiger partial charge in [-0.1, -0.05) is 6.07 Å². The zero-order valence-electron chi connectivity index (χ0n) is 16.3. The van der Waals surface area contributed by atoms with Gasteiger partial charge in [-0.3, -0.25) is 9.69 Å². The van der Waals surface area contributed by atoms with Crippen LogP contribution in [0.3, 0.4) is 0 Å². The van der Waals surface area contributed by atoms with Gasteiger partial charge in [-0.2, -0.15) is 4.31 Å². The van der Waals surface area contributed by atoms with Crippen molar-refractivity contribution in [2.75, 3.05) is 38.0 Å². The van der Waals surface area contributed by atoms with Crippen LogP contribution in [0, 0.1) is 25.5 Å². The van der Waals surface area contributed by atoms with E-state index in [-0.39, 0.29) is 30.2 Å². The molecular weight excluding hydrogens is 400 g/mol. The van der Waals surface area contributed by atoms with Gasteiger partial charge in [0, 0.05) is 32.2 Å². The van der Waals surface area contributed by atoms with E-state index in [9.17, 15) is 22.0 Å². The molecule has 1 N–H and O–H groups in total. The molecule has 0 bridgehead atoms. The minimum absolute atomic E-state index is 0.0342. The number of aryl methyl sites for hydroxylation is 2. The van der Waals surface area contributed by atoms with Crippen molar-refractivity contribution in [3.8, 4) is 0 Å². The van der Waals surface area contributed by atoms with E-state index < -0.39 is 27.6 Å². The average molecular weight is 423 g/mol. The average Bonchev–Trinajstić information content (AvgIpc) is 2.67. The first-order valence-corrected chi connectivity index (χ1v) is 10.7. The smallest absolute Gasteiger partial charge is 0.243 e. The molecule has 156 valence electrons. The first-order valence-electron chi connectivity index (χ1n) is 9.21. The van der Waals surface area contributed by atoms with Crippen LogP contribution >= 0.6 is 0 Å². The molecule has 3 rings (SSSR count). The molecule has 0 unspecified atom stereocenters. The predicted octanol–water partition coefficient (Wildman–Crippen LogP) is 2.53. The first-order chi connectivity index (χ1) is 13.7. The van der Waals surface area contributed by atoms with Gasteiger partial charge < -0.3 is 5.32 Å². The van der Waals surface area contributed by atoms with Crippen LogP contribution in [-0.4, -0.2) is 56.3 Å². The predicted molar refractivity (Wildman–Crippen MR) is 106 cm³/mol. The largest absolute Gasteiger partial charge is 0.322 e. The number of anilines is 1. The third-order valence-electron chi connectivity index (χ3n) is 5.02. The fraction of sp³-hybridized carbons (Fsp3) is 0.350. The second kappa shape index (κ2) is 8.56. The molecule has 0 radical (unpaired) electrons. The monoisotopic (exact) mass is 423 g/mol. The SMILES string of the molecule is Cc1ccc(S(=O)(=O)N2CCN(CC(=O)Nc3cc(F)ccc3F)CC2)cc1C. The molecule has 0 aliphatic carbocycles. The molecule has 1 heterocycles. The van der Waals surface area contributed by atoms with Crippen molar-refractivity contribution in [1.29, 1.82) is 0 Å². The van der Waals surface area contributed by atoms with Crippen molar-refractivity contribution < 1.29 is 22.0 Å². The lowest BCUT2D eigenvalue weighted by molar-refractivity contribution is -0.117. The highest BCUT2D eigenvalue weighted by molar-refractivity contribution is 7.89. The van der Waals surface area contributed by atoms with E-state index in [4.69, 9.17) is 0 Å². The molecule has 0 atom stereocenters. The molecule has 29 heavy (non-hydrogen) atoms. The summed E-state index contributed by atoms with van der Waals surface area (Å²) < 4.78 is 53.9. The Hall–Kier alpha value is -2.36. The number of carbonyl (C=O) groups is 1. The fourth-order valence-electron chi connectivity index (χ4n) is 3.14. The molecule has 2 aromatic carbocycles. The molecule has 1 fully saturated rings. The Balaban J connectivity index is 1.58. The Bertz CT molecular complexity index is 1020. The molecule has 0 spiro atoms. The van der Waals surface area contributed by atoms with Gasteiger partial charge in [0.05, 0.1) is 17.1 Å². The summed E-state index contributed by atoms with van der Waals surface area (Å²) in [6.07, 6.45) is 0. The van der Waals surface area contributed by atoms with Gasteiger partial charge in [0.2, 0.25) is 15.9 Å². The third-order valence-corrected chi connectivity index (χ3v) is 6.91. The number of benzene rings is 2. The van der Waals surface area contributed by atoms with Crippen molar-refractivity contribution in [2.24, 2.45) is 0 Å². The molecule has 6 nitrogen and oxygen atoms in total. The maximum atomic E-state index is 13.6. The lowest BCUT2D eigenvalue weighted by Crippen LogP contribution is -2.50. The molecule has 0 saturated carbocycles. The Morgan fingerprint density at radius 1 is 1.00 bits per heavy atom. The normalized spacial score (nSPS) is 16.0. The van der Waals surface area contributed by atoms with Gasteiger partial charge in [-0.05, 0) is 49.2 Å². The van der Waals surface area contributed by atoms with Crippen LogP contribution in [0.4, 0.5) is 14.5 Å². The minimum atomic E-state index is -3.60. The molecule has 1 aliphatic heterocycles. The Morgan fingerprint density at radius 2 is 1.69 bits per heavy atom. The Kier molecular flexibility index (Phi) is 6.30. The van der Waals surface area contributed by atoms with Gasteiger partial charge in [0.15, 0.2) is 0 Å². The van der Waals surface area contributed by atoms with Gasteiger partial charge in [-0.15, -0.1) is 0 Å². The van der Waals surface area contributed by atoms with E-state index in [1.54, 1.807) is 23.1 Å². The van der Waals surface area contributed by atoms with Crippen LogP contribution < -0.4 is 5.32 Å². The highest BCUT2D eigenvalue weighted by Gasteiger charge is 2.29. The van der Waals surface area contributed by atoms with Crippen LogP contribution in [0.25, 0.3) is 0 Å². The summed E-state index contributed by atoms with van der Waals surface area (Å²) in [6.45, 7) is 4.98. The van der Waals surface area contributed by atoms with Crippen molar-refractivity contribution in [3.05, 3.63) is 59.2 Å². The molecule has 2 aromatic rings. The molecular formula is C20H23F2N3O3S. The van der Waals surface area contributed by atoms with Crippen LogP contribution in [0.1, 0.15) is 11.1 Å². The summed E-state index contributed by atoms with van der Waals surface area (Å²) in [4.78, 5) is 14.2. The lowest BCUT2D eigenvalue weighted by Gasteiger charge is -2.33. The van der Waals surface area contributed by atoms with Gasteiger partial charge in [-0.25, -0.2) is 17.2 Å². The van der Waals surface area contributed by atoms with E-state index in [1.807, 2.05) is 13.8 Å². The number of piperazine rings is 1. The summed E-state index contributed by atoms with van der Waals surface area (Å²) in [6, 6.07) is 7.89. The van der Waals surface area contributed by atoms with Gasteiger partial charge in [0.25, 0.3) is 0 Å². The quantitative estimate of drug-likeness (QED) is 0.803. The molecule has 9 heteroatoms. The summed E-state index contributed by atoms with van der Waals surface area (Å²) in [5.41, 5.74) is 1.71. The number of amides is 1. The van der Waals surface area contributed by atoms with Crippen LogP contribution in [0.15, 0.2) is 41.3 Å². The maximum Gasteiger partial charge on any atom is 0.243 e. The molecule has 0 aromatic heterocycles. The summed E-state index contributed by atoms with van der Waals surface area (Å²) in [5.74, 6) is -1.85. The van der Waals surface area contributed by atoms with Crippen molar-refractivity contribution in [2.45, 2.75) is 18.7 Å². The van der Waals surface area contributed by atoms with Crippen LogP contribution in [-0.2, 0) is 14.8 Å². The van der Waals surface area contributed by atoms with Crippen LogP contribution in [0.2, 0.25) is 0 Å². The van der Waals surface area contributed by atoms with E-state index >= 15 is 0 Å². The highest BCUT2D eigenvalue weighted by Crippen LogP contribution is 2.21. The lowest BCUT2D eigenvalue weighted by atomic mass is 10.1. The van der Waals surface area contributed by atoms with Gasteiger partial charge in [0.1, 0.15) is 11.6 Å². The number of hydrogen-bond donors (Lipinski definition) is 1. The number of nitrogens with zero attached hydrogens (tertiary/aromatic N) is 2. The first kappa shape index (κ1) is 21.4. The van der Waals surface area contributed by atoms with E-state index in [2.05, 4.69) is 5.32 Å². The van der Waals surface area contributed by atoms with Crippen molar-refractivity contribution in [1.82, 2.24) is 9.21 Å². The summed E-state index contributed by atoms with van der Waals surface area (Å²) in [7, 11) is -3.60. The highest BCUT2D eigenvalue weighted by atomic mass is 32.2. The second-order valence-corrected chi connectivity index (χ2v) is 9.04. The number of nitrogens with one attached hydrogen (secondary N) is 1.